The van der Waals surface area contributed by atoms with Gasteiger partial charge in [0.25, 0.3) is 0 Å². The van der Waals surface area contributed by atoms with Crippen LogP contribution >= 0.6 is 0 Å². The third-order valence-electron chi connectivity index (χ3n) is 9.46. The fourth-order valence-corrected chi connectivity index (χ4v) is 6.77. The lowest BCUT2D eigenvalue weighted by atomic mass is 10.0. The van der Waals surface area contributed by atoms with E-state index in [2.05, 4.69) is 114 Å². The van der Waals surface area contributed by atoms with Crippen LogP contribution in [0.25, 0.3) is 0 Å². The van der Waals surface area contributed by atoms with Crippen LogP contribution in [0.4, 0.5) is 0 Å². The Morgan fingerprint density at radius 3 is 1.26 bits per heavy atom. The van der Waals surface area contributed by atoms with Gasteiger partial charge in [0.05, 0.1) is 26.3 Å². The number of ether oxygens (including phenoxy) is 2. The number of piperazine rings is 1. The topological polar surface area (TPSA) is 112 Å². The summed E-state index contributed by atoms with van der Waals surface area (Å²) in [6, 6.07) is 37.1. The molecule has 7 rings (SSSR count). The maximum Gasteiger partial charge on any atom is 0.173 e. The summed E-state index contributed by atoms with van der Waals surface area (Å²) in [6.07, 6.45) is 1.68. The lowest BCUT2D eigenvalue weighted by Gasteiger charge is -2.41. The van der Waals surface area contributed by atoms with Gasteiger partial charge in [-0.3, -0.25) is 9.80 Å². The highest BCUT2D eigenvalue weighted by Crippen LogP contribution is 2.34. The molecule has 4 aromatic carbocycles. The Morgan fingerprint density at radius 2 is 0.900 bits per heavy atom. The molecule has 0 saturated carbocycles. The van der Waals surface area contributed by atoms with Gasteiger partial charge < -0.3 is 9.47 Å². The van der Waals surface area contributed by atoms with Crippen LogP contribution in [0.3, 0.4) is 0 Å². The van der Waals surface area contributed by atoms with Gasteiger partial charge in [0.2, 0.25) is 0 Å². The van der Waals surface area contributed by atoms with Crippen LogP contribution in [-0.2, 0) is 25.9 Å². The fourth-order valence-electron chi connectivity index (χ4n) is 6.77. The maximum absolute atomic E-state index is 5.49. The van der Waals surface area contributed by atoms with Gasteiger partial charge in [-0.1, -0.05) is 84.9 Å². The first-order chi connectivity index (χ1) is 24.7. The zero-order chi connectivity index (χ0) is 34.1. The highest BCUT2D eigenvalue weighted by Gasteiger charge is 2.35. The largest absolute Gasteiger partial charge is 0.497 e. The first-order valence-electron chi connectivity index (χ1n) is 17.1. The van der Waals surface area contributed by atoms with Gasteiger partial charge in [0.15, 0.2) is 11.6 Å². The molecule has 1 saturated heterocycles. The van der Waals surface area contributed by atoms with Crippen LogP contribution in [0.1, 0.15) is 46.0 Å². The van der Waals surface area contributed by atoms with Gasteiger partial charge in [-0.2, -0.15) is 0 Å². The molecule has 0 bridgehead atoms. The maximum atomic E-state index is 5.49. The molecule has 256 valence electrons. The van der Waals surface area contributed by atoms with Crippen molar-refractivity contribution in [2.75, 3.05) is 40.4 Å². The van der Waals surface area contributed by atoms with Crippen molar-refractivity contribution in [3.63, 3.8) is 0 Å². The van der Waals surface area contributed by atoms with Crippen molar-refractivity contribution in [3.05, 3.63) is 143 Å². The van der Waals surface area contributed by atoms with E-state index in [4.69, 9.17) is 9.47 Å². The van der Waals surface area contributed by atoms with E-state index < -0.39 is 0 Å². The van der Waals surface area contributed by atoms with Crippen molar-refractivity contribution >= 4 is 0 Å². The lowest BCUT2D eigenvalue weighted by Crippen LogP contribution is -2.50. The van der Waals surface area contributed by atoms with Crippen molar-refractivity contribution < 1.29 is 9.47 Å². The first-order valence-corrected chi connectivity index (χ1v) is 17.1. The van der Waals surface area contributed by atoms with Gasteiger partial charge in [0.1, 0.15) is 11.5 Å². The summed E-state index contributed by atoms with van der Waals surface area (Å²) in [5.41, 5.74) is 4.73. The van der Waals surface area contributed by atoms with Gasteiger partial charge in [-0.15, -0.1) is 10.2 Å². The molecule has 0 N–H and O–H groups in total. The molecule has 50 heavy (non-hydrogen) atoms. The highest BCUT2D eigenvalue weighted by atomic mass is 16.5. The van der Waals surface area contributed by atoms with Crippen molar-refractivity contribution in [2.45, 2.75) is 38.0 Å². The molecular weight excluding hydrogens is 628 g/mol. The van der Waals surface area contributed by atoms with E-state index in [1.165, 1.54) is 11.1 Å². The Bertz CT molecular complexity index is 1760. The number of nitrogens with zero attached hydrogens (tertiary/aromatic N) is 10. The van der Waals surface area contributed by atoms with Crippen molar-refractivity contribution in [3.8, 4) is 11.5 Å². The predicted molar refractivity (Wildman–Crippen MR) is 189 cm³/mol. The van der Waals surface area contributed by atoms with Crippen LogP contribution in [0, 0.1) is 0 Å². The quantitative estimate of drug-likeness (QED) is 0.162. The van der Waals surface area contributed by atoms with Crippen molar-refractivity contribution in [2.24, 2.45) is 0 Å². The third kappa shape index (κ3) is 7.56. The molecule has 1 aliphatic heterocycles. The van der Waals surface area contributed by atoms with Crippen LogP contribution in [0.15, 0.2) is 109 Å². The summed E-state index contributed by atoms with van der Waals surface area (Å²) >= 11 is 0. The summed E-state index contributed by atoms with van der Waals surface area (Å²) in [4.78, 5) is 4.96. The second-order valence-corrected chi connectivity index (χ2v) is 12.4. The van der Waals surface area contributed by atoms with E-state index in [-0.39, 0.29) is 12.1 Å². The Morgan fingerprint density at radius 1 is 0.520 bits per heavy atom. The number of aromatic nitrogens is 8. The molecule has 12 nitrogen and oxygen atoms in total. The molecular formula is C38H42N10O2. The average molecular weight is 671 g/mol. The summed E-state index contributed by atoms with van der Waals surface area (Å²) in [5.74, 6) is 3.29. The molecule has 12 heteroatoms. The summed E-state index contributed by atoms with van der Waals surface area (Å²) in [5, 5.41) is 26.4. The van der Waals surface area contributed by atoms with E-state index >= 15 is 0 Å². The number of rotatable bonds is 14. The smallest absolute Gasteiger partial charge is 0.173 e. The second kappa shape index (κ2) is 15.8. The van der Waals surface area contributed by atoms with Crippen molar-refractivity contribution in [1.29, 1.82) is 0 Å². The lowest BCUT2D eigenvalue weighted by molar-refractivity contribution is 0.0822. The Balaban J connectivity index is 1.15. The minimum Gasteiger partial charge on any atom is -0.497 e. The number of aryl methyl sites for hydroxylation is 4. The van der Waals surface area contributed by atoms with E-state index in [0.717, 1.165) is 73.3 Å². The first kappa shape index (κ1) is 33.1. The van der Waals surface area contributed by atoms with Crippen LogP contribution in [0.5, 0.6) is 11.5 Å². The number of hydrogen-bond acceptors (Lipinski definition) is 10. The van der Waals surface area contributed by atoms with Gasteiger partial charge in [-0.05, 0) is 80.2 Å². The number of benzene rings is 4. The predicted octanol–water partition coefficient (Wildman–Crippen LogP) is 4.66. The van der Waals surface area contributed by atoms with Crippen molar-refractivity contribution in [1.82, 2.24) is 50.2 Å². The Labute approximate surface area is 292 Å². The molecule has 6 aromatic rings. The molecule has 3 heterocycles. The fraction of sp³-hybridized carbons (Fsp3) is 0.316. The summed E-state index contributed by atoms with van der Waals surface area (Å²) in [7, 11) is 3.38. The molecule has 0 radical (unpaired) electrons. The minimum atomic E-state index is -0.135. The van der Waals surface area contributed by atoms with Crippen LogP contribution < -0.4 is 9.47 Å². The number of tetrazole rings is 2. The van der Waals surface area contributed by atoms with E-state index in [9.17, 15) is 0 Å². The Kier molecular flexibility index (Phi) is 10.5. The third-order valence-corrected chi connectivity index (χ3v) is 9.46. The summed E-state index contributed by atoms with van der Waals surface area (Å²) < 4.78 is 14.9. The molecule has 0 amide bonds. The number of hydrogen-bond donors (Lipinski definition) is 0. The molecule has 2 aromatic heterocycles. The average Bonchev–Trinajstić information content (AvgIpc) is 3.85. The van der Waals surface area contributed by atoms with Crippen LogP contribution in [-0.4, -0.2) is 90.6 Å². The molecule has 1 aliphatic rings. The van der Waals surface area contributed by atoms with Crippen LogP contribution in [0.2, 0.25) is 0 Å². The molecule has 0 spiro atoms. The second-order valence-electron chi connectivity index (χ2n) is 12.4. The van der Waals surface area contributed by atoms with E-state index in [1.54, 1.807) is 14.2 Å². The minimum absolute atomic E-state index is 0.135. The van der Waals surface area contributed by atoms with E-state index in [1.807, 2.05) is 45.8 Å². The monoisotopic (exact) mass is 670 g/mol. The summed E-state index contributed by atoms with van der Waals surface area (Å²) in [6.45, 7) is 4.54. The standard InChI is InChI=1S/C38H42N10O2/c1-49-33-17-13-31(14-18-33)35(37-39-41-43-47(37)23-21-29-9-5-3-6-10-29)45-25-27-46(28-26-45)36(32-15-19-34(50-2)20-16-32)38-40-42-44-48(38)24-22-30-11-7-4-8-12-30/h3-20,35-36H,21-28H2,1-2H3/t35-,36+. The van der Waals surface area contributed by atoms with Gasteiger partial charge >= 0.3 is 0 Å². The molecule has 0 unspecified atom stereocenters. The normalized spacial score (nSPS) is 15.1. The highest BCUT2D eigenvalue weighted by molar-refractivity contribution is 5.34. The zero-order valence-corrected chi connectivity index (χ0v) is 28.5. The molecule has 2 atom stereocenters. The van der Waals surface area contributed by atoms with Gasteiger partial charge in [-0.25, -0.2) is 9.36 Å². The number of methoxy groups -OCH3 is 2. The molecule has 0 aliphatic carbocycles. The van der Waals surface area contributed by atoms with E-state index in [0.29, 0.717) is 13.1 Å². The zero-order valence-electron chi connectivity index (χ0n) is 28.5. The Hall–Kier alpha value is -5.46. The molecule has 1 fully saturated rings. The SMILES string of the molecule is COc1ccc([C@H](c2nnnn2CCc2ccccc2)N2CCN([C@@H](c3ccc(OC)cc3)c3nnnn3CCc3ccccc3)CC2)cc1. The van der Waals surface area contributed by atoms with Gasteiger partial charge in [0, 0.05) is 39.3 Å².